The first kappa shape index (κ1) is 34.9. The Morgan fingerprint density at radius 3 is 2.44 bits per heavy atom. The minimum Gasteiger partial charge on any atom is -0.444 e. The molecule has 5 rings (SSSR count). The van der Waals surface area contributed by atoms with E-state index in [0.717, 1.165) is 33.0 Å². The number of ether oxygens (including phenoxy) is 1. The number of likely N-dealkylation sites (tertiary alicyclic amines) is 1. The summed E-state index contributed by atoms with van der Waals surface area (Å²) in [4.78, 5) is 47.6. The molecule has 0 bridgehead atoms. The number of benzene rings is 3. The molecule has 2 N–H and O–H groups in total. The fourth-order valence-electron chi connectivity index (χ4n) is 6.06. The van der Waals surface area contributed by atoms with E-state index in [-0.39, 0.29) is 37.0 Å². The normalized spacial score (nSPS) is 14.8. The fourth-order valence-corrected chi connectivity index (χ4v) is 6.06. The highest BCUT2D eigenvalue weighted by Gasteiger charge is 2.34. The summed E-state index contributed by atoms with van der Waals surface area (Å²) in [5.41, 5.74) is 2.75. The standard InChI is InChI=1S/C38H48N4O6/c1-25(2)18-23-42(35(44)28-19-21-41(22-20-28)37(46)48-38(3,4)5)36(45)39-29(24-43)16-14-27-11-7-9-13-31(27)34-40-32-17-15-26-10-6-8-12-30(26)33(32)47-34/h6-13,15,17,25,28-29,43H,14,16,18-24H2,1-5H3,(H,39,45)/t29-/m0/s1. The zero-order chi connectivity index (χ0) is 34.4. The van der Waals surface area contributed by atoms with Gasteiger partial charge in [0, 0.05) is 36.5 Å². The Kier molecular flexibility index (Phi) is 11.0. The number of carbonyl (C=O) groups is 3. The lowest BCUT2D eigenvalue weighted by Crippen LogP contribution is -2.52. The van der Waals surface area contributed by atoms with Crippen LogP contribution in [0, 0.1) is 11.8 Å². The number of aryl methyl sites for hydroxylation is 1. The SMILES string of the molecule is CC(C)CCN(C(=O)N[C@H](CO)CCc1ccccc1-c1nc2ccc3ccccc3c2o1)C(=O)C1CCN(C(=O)OC(C)(C)C)CC1. The van der Waals surface area contributed by atoms with Gasteiger partial charge in [-0.3, -0.25) is 9.69 Å². The Labute approximate surface area is 282 Å². The second-order valence-electron chi connectivity index (χ2n) is 14.1. The molecule has 0 unspecified atom stereocenters. The Bertz CT molecular complexity index is 1730. The summed E-state index contributed by atoms with van der Waals surface area (Å²) in [6, 6.07) is 18.8. The van der Waals surface area contributed by atoms with Gasteiger partial charge in [-0.05, 0) is 81.9 Å². The number of carbonyl (C=O) groups excluding carboxylic acids is 3. The number of nitrogens with one attached hydrogen (secondary N) is 1. The summed E-state index contributed by atoms with van der Waals surface area (Å²) >= 11 is 0. The largest absolute Gasteiger partial charge is 0.444 e. The molecule has 256 valence electrons. The highest BCUT2D eigenvalue weighted by molar-refractivity contribution is 6.03. The van der Waals surface area contributed by atoms with Crippen molar-refractivity contribution in [2.45, 2.75) is 78.4 Å². The van der Waals surface area contributed by atoms with Crippen molar-refractivity contribution >= 4 is 39.9 Å². The summed E-state index contributed by atoms with van der Waals surface area (Å²) < 4.78 is 11.8. The molecule has 0 spiro atoms. The predicted octanol–water partition coefficient (Wildman–Crippen LogP) is 7.17. The zero-order valence-corrected chi connectivity index (χ0v) is 28.7. The van der Waals surface area contributed by atoms with E-state index in [1.165, 1.54) is 4.90 Å². The molecule has 10 nitrogen and oxygen atoms in total. The van der Waals surface area contributed by atoms with Crippen LogP contribution in [0.1, 0.15) is 65.9 Å². The van der Waals surface area contributed by atoms with Crippen molar-refractivity contribution in [1.29, 1.82) is 0 Å². The Morgan fingerprint density at radius 2 is 1.73 bits per heavy atom. The Hall–Kier alpha value is -4.44. The molecule has 48 heavy (non-hydrogen) atoms. The van der Waals surface area contributed by atoms with Gasteiger partial charge in [-0.25, -0.2) is 14.6 Å². The van der Waals surface area contributed by atoms with Gasteiger partial charge in [0.15, 0.2) is 5.58 Å². The molecule has 2 heterocycles. The third-order valence-corrected chi connectivity index (χ3v) is 8.77. The van der Waals surface area contributed by atoms with Crippen LogP contribution in [0.2, 0.25) is 0 Å². The lowest BCUT2D eigenvalue weighted by atomic mass is 9.95. The second-order valence-corrected chi connectivity index (χ2v) is 14.1. The highest BCUT2D eigenvalue weighted by Crippen LogP contribution is 2.32. The minimum absolute atomic E-state index is 0.248. The van der Waals surface area contributed by atoms with Crippen molar-refractivity contribution in [2.24, 2.45) is 11.8 Å². The average Bonchev–Trinajstić information content (AvgIpc) is 3.51. The van der Waals surface area contributed by atoms with Crippen LogP contribution in [-0.2, 0) is 16.0 Å². The number of fused-ring (bicyclic) bond motifs is 3. The van der Waals surface area contributed by atoms with Gasteiger partial charge < -0.3 is 24.5 Å². The van der Waals surface area contributed by atoms with Crippen molar-refractivity contribution in [2.75, 3.05) is 26.2 Å². The zero-order valence-electron chi connectivity index (χ0n) is 28.7. The van der Waals surface area contributed by atoms with Crippen LogP contribution >= 0.6 is 0 Å². The van der Waals surface area contributed by atoms with Gasteiger partial charge in [-0.2, -0.15) is 0 Å². The molecule has 1 fully saturated rings. The summed E-state index contributed by atoms with van der Waals surface area (Å²) in [5, 5.41) is 15.3. The molecule has 4 aromatic rings. The summed E-state index contributed by atoms with van der Waals surface area (Å²) in [6.45, 7) is 10.4. The number of aliphatic hydroxyl groups is 1. The molecule has 1 atom stereocenters. The van der Waals surface area contributed by atoms with Crippen LogP contribution in [0.15, 0.2) is 65.1 Å². The van der Waals surface area contributed by atoms with Crippen molar-refractivity contribution in [3.05, 3.63) is 66.2 Å². The number of aromatic nitrogens is 1. The van der Waals surface area contributed by atoms with Gasteiger partial charge in [0.05, 0.1) is 12.6 Å². The lowest BCUT2D eigenvalue weighted by Gasteiger charge is -2.35. The van der Waals surface area contributed by atoms with Crippen LogP contribution < -0.4 is 5.32 Å². The predicted molar refractivity (Wildman–Crippen MR) is 186 cm³/mol. The molecule has 10 heteroatoms. The minimum atomic E-state index is -0.597. The van der Waals surface area contributed by atoms with E-state index in [9.17, 15) is 19.5 Å². The van der Waals surface area contributed by atoms with Crippen molar-refractivity contribution in [3.8, 4) is 11.5 Å². The first-order valence-electron chi connectivity index (χ1n) is 17.0. The maximum absolute atomic E-state index is 13.7. The lowest BCUT2D eigenvalue weighted by molar-refractivity contribution is -0.134. The number of hydrogen-bond donors (Lipinski definition) is 2. The number of hydrogen-bond acceptors (Lipinski definition) is 7. The van der Waals surface area contributed by atoms with E-state index in [1.54, 1.807) is 4.90 Å². The van der Waals surface area contributed by atoms with Gasteiger partial charge in [0.1, 0.15) is 11.1 Å². The van der Waals surface area contributed by atoms with E-state index >= 15 is 0 Å². The maximum Gasteiger partial charge on any atom is 0.410 e. The van der Waals surface area contributed by atoms with Crippen LogP contribution in [0.4, 0.5) is 9.59 Å². The Balaban J connectivity index is 1.24. The van der Waals surface area contributed by atoms with E-state index < -0.39 is 17.7 Å². The first-order valence-corrected chi connectivity index (χ1v) is 17.0. The number of amides is 4. The number of urea groups is 1. The van der Waals surface area contributed by atoms with Crippen molar-refractivity contribution in [3.63, 3.8) is 0 Å². The summed E-state index contributed by atoms with van der Waals surface area (Å²) in [7, 11) is 0. The second kappa shape index (κ2) is 15.2. The third-order valence-electron chi connectivity index (χ3n) is 8.77. The Morgan fingerprint density at radius 1 is 1.02 bits per heavy atom. The summed E-state index contributed by atoms with van der Waals surface area (Å²) in [6.07, 6.45) is 2.17. The number of piperidine rings is 1. The maximum atomic E-state index is 13.7. The molecule has 0 aliphatic carbocycles. The molecular weight excluding hydrogens is 608 g/mol. The summed E-state index contributed by atoms with van der Waals surface area (Å²) in [5.74, 6) is 0.179. The molecule has 0 radical (unpaired) electrons. The number of imide groups is 1. The van der Waals surface area contributed by atoms with Gasteiger partial charge in [0.2, 0.25) is 11.8 Å². The quantitative estimate of drug-likeness (QED) is 0.185. The van der Waals surface area contributed by atoms with Gasteiger partial charge in [0.25, 0.3) is 0 Å². The van der Waals surface area contributed by atoms with Crippen LogP contribution in [-0.4, -0.2) is 75.8 Å². The monoisotopic (exact) mass is 656 g/mol. The smallest absolute Gasteiger partial charge is 0.410 e. The molecular formula is C38H48N4O6. The van der Waals surface area contributed by atoms with E-state index in [1.807, 2.05) is 95.3 Å². The van der Waals surface area contributed by atoms with Gasteiger partial charge >= 0.3 is 12.1 Å². The molecule has 1 aliphatic heterocycles. The molecule has 4 amide bonds. The fraction of sp³-hybridized carbons (Fsp3) is 0.474. The number of oxazole rings is 1. The topological polar surface area (TPSA) is 125 Å². The molecule has 3 aromatic carbocycles. The van der Waals surface area contributed by atoms with Gasteiger partial charge in [-0.1, -0.05) is 62.4 Å². The molecule has 0 saturated carbocycles. The molecule has 1 aliphatic rings. The van der Waals surface area contributed by atoms with Gasteiger partial charge in [-0.15, -0.1) is 0 Å². The van der Waals surface area contributed by atoms with E-state index in [2.05, 4.69) is 5.32 Å². The first-order chi connectivity index (χ1) is 22.9. The van der Waals surface area contributed by atoms with Crippen molar-refractivity contribution in [1.82, 2.24) is 20.1 Å². The van der Waals surface area contributed by atoms with E-state index in [4.69, 9.17) is 14.1 Å². The highest BCUT2D eigenvalue weighted by atomic mass is 16.6. The number of aliphatic hydroxyl groups excluding tert-OH is 1. The van der Waals surface area contributed by atoms with Crippen molar-refractivity contribution < 1.29 is 28.6 Å². The number of rotatable bonds is 10. The van der Waals surface area contributed by atoms with E-state index in [0.29, 0.717) is 51.1 Å². The molecule has 1 saturated heterocycles. The third kappa shape index (κ3) is 8.52. The van der Waals surface area contributed by atoms with Crippen LogP contribution in [0.3, 0.4) is 0 Å². The molecule has 1 aromatic heterocycles. The van der Waals surface area contributed by atoms with Crippen LogP contribution in [0.25, 0.3) is 33.3 Å². The average molecular weight is 657 g/mol. The number of nitrogens with zero attached hydrogens (tertiary/aromatic N) is 3. The van der Waals surface area contributed by atoms with Crippen LogP contribution in [0.5, 0.6) is 0 Å².